The van der Waals surface area contributed by atoms with Crippen LogP contribution < -0.4 is 0 Å². The smallest absolute Gasteiger partial charge is 0.318 e. The van der Waals surface area contributed by atoms with Crippen LogP contribution in [0, 0.1) is 17.8 Å². The van der Waals surface area contributed by atoms with Crippen LogP contribution >= 0.6 is 0 Å². The van der Waals surface area contributed by atoms with Gasteiger partial charge >= 0.3 is 11.9 Å². The van der Waals surface area contributed by atoms with Crippen LogP contribution in [0.2, 0.25) is 0 Å². The van der Waals surface area contributed by atoms with E-state index >= 15 is 0 Å². The van der Waals surface area contributed by atoms with E-state index in [9.17, 15) is 9.59 Å². The standard InChI is InChI=1S/C13H21NO4/c1-8-9(11(12(15)16)13(17)18)7-10(8)14-5-3-2-4-6-14/h8-11H,2-7H2,1H3,(H,15,16)(H,17,18). The van der Waals surface area contributed by atoms with Gasteiger partial charge in [-0.25, -0.2) is 0 Å². The van der Waals surface area contributed by atoms with Gasteiger partial charge in [-0.15, -0.1) is 0 Å². The third-order valence-electron chi connectivity index (χ3n) is 4.62. The highest BCUT2D eigenvalue weighted by atomic mass is 16.4. The molecule has 102 valence electrons. The fourth-order valence-corrected chi connectivity index (χ4v) is 3.44. The lowest BCUT2D eigenvalue weighted by Crippen LogP contribution is -2.56. The molecule has 0 aromatic heterocycles. The first-order valence-electron chi connectivity index (χ1n) is 6.72. The second kappa shape index (κ2) is 5.26. The van der Waals surface area contributed by atoms with Crippen LogP contribution in [0.15, 0.2) is 0 Å². The topological polar surface area (TPSA) is 77.8 Å². The molecule has 2 rings (SSSR count). The van der Waals surface area contributed by atoms with Crippen molar-refractivity contribution in [2.45, 2.75) is 38.6 Å². The fraction of sp³-hybridized carbons (Fsp3) is 0.846. The van der Waals surface area contributed by atoms with E-state index in [-0.39, 0.29) is 11.8 Å². The van der Waals surface area contributed by atoms with E-state index in [2.05, 4.69) is 4.90 Å². The molecule has 5 heteroatoms. The van der Waals surface area contributed by atoms with E-state index in [1.165, 1.54) is 19.3 Å². The van der Waals surface area contributed by atoms with Crippen molar-refractivity contribution in [3.8, 4) is 0 Å². The molecule has 3 atom stereocenters. The Morgan fingerprint density at radius 1 is 1.11 bits per heavy atom. The highest BCUT2D eigenvalue weighted by Gasteiger charge is 2.50. The van der Waals surface area contributed by atoms with Gasteiger partial charge in [0.25, 0.3) is 0 Å². The van der Waals surface area contributed by atoms with Gasteiger partial charge in [0, 0.05) is 6.04 Å². The minimum atomic E-state index is -1.24. The highest BCUT2D eigenvalue weighted by Crippen LogP contribution is 2.43. The summed E-state index contributed by atoms with van der Waals surface area (Å²) in [5.41, 5.74) is 0. The maximum Gasteiger partial charge on any atom is 0.318 e. The van der Waals surface area contributed by atoms with Crippen molar-refractivity contribution in [2.24, 2.45) is 17.8 Å². The summed E-state index contributed by atoms with van der Waals surface area (Å²) in [6.45, 7) is 4.14. The number of carbonyl (C=O) groups is 2. The molecule has 1 saturated heterocycles. The van der Waals surface area contributed by atoms with Crippen LogP contribution in [0.5, 0.6) is 0 Å². The largest absolute Gasteiger partial charge is 0.481 e. The molecule has 0 radical (unpaired) electrons. The predicted molar refractivity (Wildman–Crippen MR) is 65.2 cm³/mol. The van der Waals surface area contributed by atoms with Crippen LogP contribution in [0.25, 0.3) is 0 Å². The van der Waals surface area contributed by atoms with E-state index in [0.717, 1.165) is 13.1 Å². The zero-order valence-corrected chi connectivity index (χ0v) is 10.7. The number of piperidine rings is 1. The van der Waals surface area contributed by atoms with Crippen molar-refractivity contribution in [1.82, 2.24) is 4.90 Å². The average molecular weight is 255 g/mol. The molecular formula is C13H21NO4. The second-order valence-corrected chi connectivity index (χ2v) is 5.58. The van der Waals surface area contributed by atoms with E-state index in [0.29, 0.717) is 12.5 Å². The molecule has 0 aromatic carbocycles. The Morgan fingerprint density at radius 2 is 1.67 bits per heavy atom. The van der Waals surface area contributed by atoms with Gasteiger partial charge in [-0.2, -0.15) is 0 Å². The Bertz CT molecular complexity index is 324. The van der Waals surface area contributed by atoms with Gasteiger partial charge in [-0.3, -0.25) is 9.59 Å². The van der Waals surface area contributed by atoms with Crippen LogP contribution in [0.3, 0.4) is 0 Å². The average Bonchev–Trinajstić information content (AvgIpc) is 2.33. The van der Waals surface area contributed by atoms with Gasteiger partial charge in [0.15, 0.2) is 5.92 Å². The second-order valence-electron chi connectivity index (χ2n) is 5.58. The van der Waals surface area contributed by atoms with Crippen LogP contribution in [-0.2, 0) is 9.59 Å². The Morgan fingerprint density at radius 3 is 2.11 bits per heavy atom. The van der Waals surface area contributed by atoms with Gasteiger partial charge in [-0.1, -0.05) is 13.3 Å². The zero-order chi connectivity index (χ0) is 13.3. The van der Waals surface area contributed by atoms with E-state index in [1.54, 1.807) is 0 Å². The van der Waals surface area contributed by atoms with Crippen molar-refractivity contribution in [1.29, 1.82) is 0 Å². The number of hydrogen-bond donors (Lipinski definition) is 2. The lowest BCUT2D eigenvalue weighted by molar-refractivity contribution is -0.163. The fourth-order valence-electron chi connectivity index (χ4n) is 3.44. The van der Waals surface area contributed by atoms with E-state index in [4.69, 9.17) is 10.2 Å². The first-order valence-corrected chi connectivity index (χ1v) is 6.72. The molecule has 1 heterocycles. The van der Waals surface area contributed by atoms with Crippen LogP contribution in [0.1, 0.15) is 32.6 Å². The molecule has 0 bridgehead atoms. The summed E-state index contributed by atoms with van der Waals surface area (Å²) in [6, 6.07) is 0.386. The summed E-state index contributed by atoms with van der Waals surface area (Å²) >= 11 is 0. The Hall–Kier alpha value is -1.10. The predicted octanol–water partition coefficient (Wildman–Crippen LogP) is 1.28. The molecule has 1 aliphatic heterocycles. The summed E-state index contributed by atoms with van der Waals surface area (Å²) < 4.78 is 0. The molecule has 18 heavy (non-hydrogen) atoms. The zero-order valence-electron chi connectivity index (χ0n) is 10.7. The number of aliphatic carboxylic acids is 2. The van der Waals surface area contributed by atoms with Crippen LogP contribution in [0.4, 0.5) is 0 Å². The van der Waals surface area contributed by atoms with Gasteiger partial charge in [0.2, 0.25) is 0 Å². The summed E-state index contributed by atoms with van der Waals surface area (Å²) in [7, 11) is 0. The number of hydrogen-bond acceptors (Lipinski definition) is 3. The lowest BCUT2D eigenvalue weighted by atomic mass is 9.63. The molecule has 0 spiro atoms. The number of likely N-dealkylation sites (tertiary alicyclic amines) is 1. The Labute approximate surface area is 107 Å². The maximum atomic E-state index is 11.0. The molecule has 1 saturated carbocycles. The number of rotatable bonds is 4. The quantitative estimate of drug-likeness (QED) is 0.740. The van der Waals surface area contributed by atoms with Gasteiger partial charge in [-0.05, 0) is 44.2 Å². The van der Waals surface area contributed by atoms with Crippen molar-refractivity contribution in [3.05, 3.63) is 0 Å². The van der Waals surface area contributed by atoms with Crippen molar-refractivity contribution < 1.29 is 19.8 Å². The molecule has 2 N–H and O–H groups in total. The normalized spacial score (nSPS) is 33.1. The summed E-state index contributed by atoms with van der Waals surface area (Å²) in [6.07, 6.45) is 4.39. The van der Waals surface area contributed by atoms with Crippen molar-refractivity contribution >= 4 is 11.9 Å². The van der Waals surface area contributed by atoms with E-state index < -0.39 is 17.9 Å². The lowest BCUT2D eigenvalue weighted by Gasteiger charge is -2.51. The van der Waals surface area contributed by atoms with Gasteiger partial charge < -0.3 is 15.1 Å². The first-order chi connectivity index (χ1) is 8.52. The maximum absolute atomic E-state index is 11.0. The monoisotopic (exact) mass is 255 g/mol. The first kappa shape index (κ1) is 13.3. The summed E-state index contributed by atoms with van der Waals surface area (Å²) in [5, 5.41) is 18.0. The number of carboxylic acid groups (broad SMARTS) is 2. The minimum Gasteiger partial charge on any atom is -0.481 e. The number of carboxylic acids is 2. The number of nitrogens with zero attached hydrogens (tertiary/aromatic N) is 1. The van der Waals surface area contributed by atoms with Gasteiger partial charge in [0.1, 0.15) is 0 Å². The Balaban J connectivity index is 1.95. The third-order valence-corrected chi connectivity index (χ3v) is 4.62. The summed E-state index contributed by atoms with van der Waals surface area (Å²) in [4.78, 5) is 24.4. The molecule has 2 aliphatic rings. The van der Waals surface area contributed by atoms with Crippen molar-refractivity contribution in [3.63, 3.8) is 0 Å². The SMILES string of the molecule is CC1C(C(C(=O)O)C(=O)O)CC1N1CCCCC1. The van der Waals surface area contributed by atoms with Gasteiger partial charge in [0.05, 0.1) is 0 Å². The molecule has 0 amide bonds. The third kappa shape index (κ3) is 2.36. The van der Waals surface area contributed by atoms with E-state index in [1.807, 2.05) is 6.92 Å². The molecule has 5 nitrogen and oxygen atoms in total. The molecule has 3 unspecified atom stereocenters. The Kier molecular flexibility index (Phi) is 3.90. The molecule has 2 fully saturated rings. The van der Waals surface area contributed by atoms with Crippen molar-refractivity contribution in [2.75, 3.05) is 13.1 Å². The minimum absolute atomic E-state index is 0.167. The molecule has 1 aliphatic carbocycles. The molecule has 0 aromatic rings. The highest BCUT2D eigenvalue weighted by molar-refractivity contribution is 5.93. The summed E-state index contributed by atoms with van der Waals surface area (Å²) in [5.74, 6) is -3.68. The molecular weight excluding hydrogens is 234 g/mol. The van der Waals surface area contributed by atoms with Crippen LogP contribution in [-0.4, -0.2) is 46.2 Å².